The van der Waals surface area contributed by atoms with E-state index in [1.54, 1.807) is 0 Å². The summed E-state index contributed by atoms with van der Waals surface area (Å²) >= 11 is -1.84. The number of rotatable bonds is 2. The van der Waals surface area contributed by atoms with Gasteiger partial charge >= 0.3 is 0 Å². The Morgan fingerprint density at radius 3 is 2.45 bits per heavy atom. The summed E-state index contributed by atoms with van der Waals surface area (Å²) in [6.45, 7) is 1.95. The first-order valence-corrected chi connectivity index (χ1v) is 4.80. The zero-order valence-corrected chi connectivity index (χ0v) is 7.88. The third-order valence-corrected chi connectivity index (χ3v) is 2.57. The van der Waals surface area contributed by atoms with E-state index < -0.39 is 11.1 Å². The molecule has 1 aliphatic heterocycles. The molecule has 0 aromatic rings. The van der Waals surface area contributed by atoms with Crippen LogP contribution in [0.5, 0.6) is 0 Å². The summed E-state index contributed by atoms with van der Waals surface area (Å²) in [5.74, 6) is 0.751. The van der Waals surface area contributed by atoms with Crippen molar-refractivity contribution in [1.29, 1.82) is 0 Å². The van der Waals surface area contributed by atoms with Crippen LogP contribution in [0.4, 0.5) is 0 Å². The molecule has 11 heavy (non-hydrogen) atoms. The van der Waals surface area contributed by atoms with Crippen molar-refractivity contribution in [2.45, 2.75) is 12.8 Å². The maximum atomic E-state index is 10.2. The lowest BCUT2D eigenvalue weighted by atomic mass is 10.0. The Hall–Kier alpha value is 0.360. The Morgan fingerprint density at radius 1 is 1.45 bits per heavy atom. The highest BCUT2D eigenvalue weighted by Gasteiger charge is 2.11. The number of hydrogen-bond acceptors (Lipinski definition) is 3. The Balaban J connectivity index is 0.000001000. The van der Waals surface area contributed by atoms with E-state index in [4.69, 9.17) is 0 Å². The number of nitrogens with one attached hydrogen (secondary N) is 1. The van der Waals surface area contributed by atoms with Crippen LogP contribution in [-0.4, -0.2) is 27.6 Å². The van der Waals surface area contributed by atoms with E-state index in [0.29, 0.717) is 11.7 Å². The fourth-order valence-corrected chi connectivity index (χ4v) is 1.96. The van der Waals surface area contributed by atoms with Crippen LogP contribution in [-0.2, 0) is 11.1 Å². The minimum Gasteiger partial charge on any atom is -0.772 e. The molecule has 1 atom stereocenters. The van der Waals surface area contributed by atoms with Crippen LogP contribution in [0.2, 0.25) is 0 Å². The van der Waals surface area contributed by atoms with Crippen LogP contribution in [0.1, 0.15) is 12.8 Å². The first kappa shape index (κ1) is 11.4. The number of halogens is 1. The molecule has 5 heteroatoms. The summed E-state index contributed by atoms with van der Waals surface area (Å²) in [4.78, 5) is 0. The minimum atomic E-state index is -1.84. The summed E-state index contributed by atoms with van der Waals surface area (Å²) in [5, 5.41) is 3.19. The fraction of sp³-hybridized carbons (Fsp3) is 1.00. The van der Waals surface area contributed by atoms with Gasteiger partial charge in [0.15, 0.2) is 0 Å². The summed E-state index contributed by atoms with van der Waals surface area (Å²) in [6.07, 6.45) is 2.02. The van der Waals surface area contributed by atoms with Crippen LogP contribution in [0, 0.1) is 5.92 Å². The minimum absolute atomic E-state index is 0. The third-order valence-electron chi connectivity index (χ3n) is 1.83. The smallest absolute Gasteiger partial charge is 0.0131 e. The topological polar surface area (TPSA) is 52.2 Å². The maximum Gasteiger partial charge on any atom is 0.0131 e. The van der Waals surface area contributed by atoms with Gasteiger partial charge in [-0.2, -0.15) is 0 Å². The molecule has 1 N–H and O–H groups in total. The standard InChI is InChI=1S/C6H13NO2S.ClH/c8-10(9)5-6-1-3-7-4-2-6;/h6-7H,1-5H2,(H,8,9);1H/p-1. The van der Waals surface area contributed by atoms with E-state index in [2.05, 4.69) is 5.32 Å². The second kappa shape index (κ2) is 5.94. The molecule has 1 fully saturated rings. The quantitative estimate of drug-likeness (QED) is 0.649. The van der Waals surface area contributed by atoms with Crippen molar-refractivity contribution in [2.75, 3.05) is 18.8 Å². The van der Waals surface area contributed by atoms with Crippen molar-refractivity contribution in [2.24, 2.45) is 5.92 Å². The molecule has 0 amide bonds. The SMILES string of the molecule is Cl.O=S([O-])CC1CCNCC1. The molecule has 1 heterocycles. The normalized spacial score (nSPS) is 22.3. The molecular formula is C6H13ClNO2S-. The molecule has 1 aliphatic rings. The van der Waals surface area contributed by atoms with Gasteiger partial charge in [0.05, 0.1) is 0 Å². The van der Waals surface area contributed by atoms with Gasteiger partial charge in [0.25, 0.3) is 0 Å². The molecule has 1 rings (SSSR count). The van der Waals surface area contributed by atoms with Gasteiger partial charge in [-0.25, -0.2) is 0 Å². The van der Waals surface area contributed by atoms with E-state index in [0.717, 1.165) is 25.9 Å². The van der Waals surface area contributed by atoms with Crippen molar-refractivity contribution in [3.8, 4) is 0 Å². The van der Waals surface area contributed by atoms with Crippen molar-refractivity contribution >= 4 is 23.5 Å². The lowest BCUT2D eigenvalue weighted by Crippen LogP contribution is -2.30. The first-order valence-electron chi connectivity index (χ1n) is 3.55. The average Bonchev–Trinajstić information content (AvgIpc) is 1.88. The highest BCUT2D eigenvalue weighted by molar-refractivity contribution is 7.79. The maximum absolute atomic E-state index is 10.2. The van der Waals surface area contributed by atoms with E-state index in [-0.39, 0.29) is 12.4 Å². The van der Waals surface area contributed by atoms with Gasteiger partial charge in [-0.05, 0) is 31.8 Å². The molecule has 0 aromatic carbocycles. The Bertz CT molecular complexity index is 128. The average molecular weight is 199 g/mol. The Morgan fingerprint density at radius 2 is 2.00 bits per heavy atom. The van der Waals surface area contributed by atoms with Crippen molar-refractivity contribution < 1.29 is 8.76 Å². The predicted octanol–water partition coefficient (Wildman–Crippen LogP) is 0.287. The molecule has 0 spiro atoms. The zero-order chi connectivity index (χ0) is 7.40. The van der Waals surface area contributed by atoms with Crippen LogP contribution in [0.25, 0.3) is 0 Å². The summed E-state index contributed by atoms with van der Waals surface area (Å²) in [5.41, 5.74) is 0. The van der Waals surface area contributed by atoms with Crippen LogP contribution >= 0.6 is 12.4 Å². The van der Waals surface area contributed by atoms with Crippen LogP contribution in [0.3, 0.4) is 0 Å². The van der Waals surface area contributed by atoms with Gasteiger partial charge < -0.3 is 9.87 Å². The van der Waals surface area contributed by atoms with Crippen molar-refractivity contribution in [3.05, 3.63) is 0 Å². The second-order valence-electron chi connectivity index (χ2n) is 2.66. The fourth-order valence-electron chi connectivity index (χ4n) is 1.24. The van der Waals surface area contributed by atoms with E-state index in [1.807, 2.05) is 0 Å². The molecule has 0 bridgehead atoms. The molecule has 68 valence electrons. The first-order chi connectivity index (χ1) is 4.79. The predicted molar refractivity (Wildman–Crippen MR) is 46.6 cm³/mol. The highest BCUT2D eigenvalue weighted by atomic mass is 35.5. The molecule has 0 aromatic heterocycles. The van der Waals surface area contributed by atoms with Gasteiger partial charge in [0.1, 0.15) is 0 Å². The summed E-state index contributed by atoms with van der Waals surface area (Å²) in [6, 6.07) is 0. The largest absolute Gasteiger partial charge is 0.772 e. The summed E-state index contributed by atoms with van der Waals surface area (Å²) < 4.78 is 20.5. The molecule has 3 nitrogen and oxygen atoms in total. The lowest BCUT2D eigenvalue weighted by molar-refractivity contribution is 0.397. The van der Waals surface area contributed by atoms with E-state index >= 15 is 0 Å². The van der Waals surface area contributed by atoms with Crippen molar-refractivity contribution in [1.82, 2.24) is 5.32 Å². The van der Waals surface area contributed by atoms with Crippen LogP contribution in [0.15, 0.2) is 0 Å². The van der Waals surface area contributed by atoms with Gasteiger partial charge in [0, 0.05) is 5.75 Å². The van der Waals surface area contributed by atoms with Crippen LogP contribution < -0.4 is 5.32 Å². The highest BCUT2D eigenvalue weighted by Crippen LogP contribution is 2.11. The number of piperidine rings is 1. The third kappa shape index (κ3) is 4.74. The lowest BCUT2D eigenvalue weighted by Gasteiger charge is -2.22. The molecule has 0 saturated carbocycles. The Labute approximate surface area is 75.6 Å². The summed E-state index contributed by atoms with van der Waals surface area (Å²) in [7, 11) is 0. The zero-order valence-electron chi connectivity index (χ0n) is 6.25. The number of hydrogen-bond donors (Lipinski definition) is 1. The molecule has 0 radical (unpaired) electrons. The van der Waals surface area contributed by atoms with Gasteiger partial charge in [-0.15, -0.1) is 12.4 Å². The van der Waals surface area contributed by atoms with Crippen molar-refractivity contribution in [3.63, 3.8) is 0 Å². The van der Waals surface area contributed by atoms with E-state index in [9.17, 15) is 8.76 Å². The van der Waals surface area contributed by atoms with E-state index in [1.165, 1.54) is 0 Å². The van der Waals surface area contributed by atoms with Gasteiger partial charge in [-0.3, -0.25) is 4.21 Å². The monoisotopic (exact) mass is 198 g/mol. The molecular weight excluding hydrogens is 186 g/mol. The van der Waals surface area contributed by atoms with Gasteiger partial charge in [0.2, 0.25) is 0 Å². The van der Waals surface area contributed by atoms with Gasteiger partial charge in [-0.1, -0.05) is 11.1 Å². The second-order valence-corrected chi connectivity index (χ2v) is 3.60. The molecule has 0 aliphatic carbocycles. The molecule has 1 saturated heterocycles. The molecule has 1 unspecified atom stereocenters. The Kier molecular flexibility index (Phi) is 6.14.